The van der Waals surface area contributed by atoms with E-state index >= 15 is 0 Å². The molecule has 2 unspecified atom stereocenters. The van der Waals surface area contributed by atoms with Gasteiger partial charge >= 0.3 is 5.97 Å². The summed E-state index contributed by atoms with van der Waals surface area (Å²) >= 11 is 0. The predicted molar refractivity (Wildman–Crippen MR) is 370 cm³/mol. The first-order valence-corrected chi connectivity index (χ1v) is 38.6. The standard InChI is InChI=1S/C78H151NO5/c1-3-5-7-9-11-13-15-17-19-20-21-22-23-31-34-37-40-43-46-50-54-58-62-66-70-76(81)75(74-80)79-77(82)71-67-63-59-55-51-47-44-41-38-35-32-29-27-25-24-26-28-30-33-36-39-42-45-49-53-57-61-65-69-73-84-78(83)72-68-64-60-56-52-48-18-16-14-12-10-8-6-4-2/h16,18,66,70,75-76,80-81H,3-15,17,19-65,67-69,71-74H2,1-2H3,(H,79,82)/b18-16-,70-66+. The summed E-state index contributed by atoms with van der Waals surface area (Å²) < 4.78 is 5.49. The van der Waals surface area contributed by atoms with Crippen LogP contribution in [0.1, 0.15) is 438 Å². The molecule has 84 heavy (non-hydrogen) atoms. The van der Waals surface area contributed by atoms with Crippen molar-refractivity contribution in [1.82, 2.24) is 5.32 Å². The van der Waals surface area contributed by atoms with E-state index in [9.17, 15) is 19.8 Å². The molecule has 0 aromatic carbocycles. The first-order chi connectivity index (χ1) is 41.5. The SMILES string of the molecule is CCCCCCC/C=C\CCCCCCCC(=O)OCCCCCCCCCCCCCCCCCCCCCCCCCCCCCCCC(=O)NC(CO)C(O)/C=C/CCCCCCCCCCCCCCCCCCCCCCCC. The highest BCUT2D eigenvalue weighted by Crippen LogP contribution is 2.20. The van der Waals surface area contributed by atoms with E-state index < -0.39 is 12.1 Å². The number of hydrogen-bond acceptors (Lipinski definition) is 5. The van der Waals surface area contributed by atoms with Crippen LogP contribution >= 0.6 is 0 Å². The van der Waals surface area contributed by atoms with E-state index in [4.69, 9.17) is 4.74 Å². The molecule has 0 aliphatic carbocycles. The fourth-order valence-corrected chi connectivity index (χ4v) is 12.3. The van der Waals surface area contributed by atoms with Gasteiger partial charge in [-0.05, 0) is 57.8 Å². The minimum absolute atomic E-state index is 0.0115. The third kappa shape index (κ3) is 69.4. The van der Waals surface area contributed by atoms with Crippen LogP contribution in [0.15, 0.2) is 24.3 Å². The van der Waals surface area contributed by atoms with Gasteiger partial charge in [-0.25, -0.2) is 0 Å². The molecule has 6 nitrogen and oxygen atoms in total. The smallest absolute Gasteiger partial charge is 0.305 e. The number of ether oxygens (including phenoxy) is 1. The number of esters is 1. The second-order valence-corrected chi connectivity index (χ2v) is 26.7. The summed E-state index contributed by atoms with van der Waals surface area (Å²) in [5.74, 6) is -0.0478. The van der Waals surface area contributed by atoms with Crippen molar-refractivity contribution in [3.8, 4) is 0 Å². The van der Waals surface area contributed by atoms with Gasteiger partial charge in [0, 0.05) is 12.8 Å². The fourth-order valence-electron chi connectivity index (χ4n) is 12.3. The molecule has 0 spiro atoms. The van der Waals surface area contributed by atoms with E-state index in [-0.39, 0.29) is 18.5 Å². The highest BCUT2D eigenvalue weighted by molar-refractivity contribution is 5.76. The topological polar surface area (TPSA) is 95.9 Å². The number of hydrogen-bond donors (Lipinski definition) is 3. The Morgan fingerprint density at radius 2 is 0.560 bits per heavy atom. The Morgan fingerprint density at radius 3 is 0.845 bits per heavy atom. The van der Waals surface area contributed by atoms with Gasteiger partial charge in [0.2, 0.25) is 5.91 Å². The van der Waals surface area contributed by atoms with Gasteiger partial charge in [-0.1, -0.05) is 391 Å². The number of rotatable bonds is 73. The zero-order chi connectivity index (χ0) is 60.6. The van der Waals surface area contributed by atoms with Gasteiger partial charge in [-0.2, -0.15) is 0 Å². The molecule has 0 aromatic heterocycles. The van der Waals surface area contributed by atoms with Crippen LogP contribution in [0.5, 0.6) is 0 Å². The van der Waals surface area contributed by atoms with E-state index in [0.717, 1.165) is 44.9 Å². The third-order valence-electron chi connectivity index (χ3n) is 18.2. The number of nitrogens with one attached hydrogen (secondary N) is 1. The van der Waals surface area contributed by atoms with Crippen molar-refractivity contribution < 1.29 is 24.5 Å². The number of carbonyl (C=O) groups is 2. The summed E-state index contributed by atoms with van der Waals surface area (Å²) in [6.07, 6.45) is 94.3. The molecule has 0 fully saturated rings. The predicted octanol–water partition coefficient (Wildman–Crippen LogP) is 25.3. The van der Waals surface area contributed by atoms with Crippen molar-refractivity contribution in [3.05, 3.63) is 24.3 Å². The molecule has 6 heteroatoms. The fraction of sp³-hybridized carbons (Fsp3) is 0.923. The molecule has 0 saturated carbocycles. The molecule has 0 aliphatic heterocycles. The zero-order valence-corrected chi connectivity index (χ0v) is 57.2. The Labute approximate surface area is 526 Å². The van der Waals surface area contributed by atoms with Crippen LogP contribution in [0, 0.1) is 0 Å². The number of allylic oxidation sites excluding steroid dienone is 3. The van der Waals surface area contributed by atoms with Crippen molar-refractivity contribution in [3.63, 3.8) is 0 Å². The summed E-state index contributed by atoms with van der Waals surface area (Å²) in [4.78, 5) is 24.6. The van der Waals surface area contributed by atoms with Gasteiger partial charge in [0.05, 0.1) is 25.4 Å². The Morgan fingerprint density at radius 1 is 0.321 bits per heavy atom. The van der Waals surface area contributed by atoms with E-state index in [1.165, 1.54) is 366 Å². The molecule has 2 atom stereocenters. The minimum atomic E-state index is -0.843. The summed E-state index contributed by atoms with van der Waals surface area (Å²) in [5.41, 5.74) is 0. The maximum atomic E-state index is 12.6. The van der Waals surface area contributed by atoms with Crippen LogP contribution in [0.2, 0.25) is 0 Å². The van der Waals surface area contributed by atoms with E-state index in [1.807, 2.05) is 6.08 Å². The number of unbranched alkanes of at least 4 members (excludes halogenated alkanes) is 60. The Balaban J connectivity index is 3.37. The lowest BCUT2D eigenvalue weighted by Crippen LogP contribution is -2.45. The zero-order valence-electron chi connectivity index (χ0n) is 57.2. The lowest BCUT2D eigenvalue weighted by Gasteiger charge is -2.20. The first kappa shape index (κ1) is 82.3. The maximum Gasteiger partial charge on any atom is 0.305 e. The monoisotopic (exact) mass is 1180 g/mol. The lowest BCUT2D eigenvalue weighted by atomic mass is 10.0. The average Bonchev–Trinajstić information content (AvgIpc) is 3.51. The van der Waals surface area contributed by atoms with Crippen LogP contribution in [-0.4, -0.2) is 47.4 Å². The van der Waals surface area contributed by atoms with Gasteiger partial charge < -0.3 is 20.3 Å². The van der Waals surface area contributed by atoms with Crippen LogP contribution in [0.3, 0.4) is 0 Å². The molecule has 3 N–H and O–H groups in total. The Hall–Kier alpha value is -1.66. The first-order valence-electron chi connectivity index (χ1n) is 38.6. The van der Waals surface area contributed by atoms with Crippen molar-refractivity contribution >= 4 is 11.9 Å². The summed E-state index contributed by atoms with van der Waals surface area (Å²) in [6, 6.07) is -0.626. The molecule has 0 aliphatic rings. The van der Waals surface area contributed by atoms with Crippen molar-refractivity contribution in [2.45, 2.75) is 450 Å². The number of amides is 1. The van der Waals surface area contributed by atoms with Gasteiger partial charge in [-0.15, -0.1) is 0 Å². The molecule has 1 amide bonds. The summed E-state index contributed by atoms with van der Waals surface area (Å²) in [7, 11) is 0. The molecule has 0 heterocycles. The van der Waals surface area contributed by atoms with E-state index in [2.05, 4.69) is 31.3 Å². The molecule has 0 rings (SSSR count). The van der Waals surface area contributed by atoms with Crippen molar-refractivity contribution in [2.24, 2.45) is 0 Å². The normalized spacial score (nSPS) is 12.6. The maximum absolute atomic E-state index is 12.6. The number of aliphatic hydroxyl groups is 2. The molecular formula is C78H151NO5. The third-order valence-corrected chi connectivity index (χ3v) is 18.2. The number of aliphatic hydroxyl groups excluding tert-OH is 2. The minimum Gasteiger partial charge on any atom is -0.466 e. The summed E-state index contributed by atoms with van der Waals surface area (Å²) in [6.45, 7) is 4.94. The number of carbonyl (C=O) groups excluding carboxylic acids is 2. The highest BCUT2D eigenvalue weighted by Gasteiger charge is 2.18. The van der Waals surface area contributed by atoms with Gasteiger partial charge in [0.1, 0.15) is 0 Å². The van der Waals surface area contributed by atoms with Gasteiger partial charge in [-0.3, -0.25) is 9.59 Å². The second kappa shape index (κ2) is 73.8. The van der Waals surface area contributed by atoms with Crippen molar-refractivity contribution in [2.75, 3.05) is 13.2 Å². The highest BCUT2D eigenvalue weighted by atomic mass is 16.5. The quantitative estimate of drug-likeness (QED) is 0.0320. The second-order valence-electron chi connectivity index (χ2n) is 26.7. The Bertz CT molecular complexity index is 1320. The Kier molecular flexibility index (Phi) is 72.3. The van der Waals surface area contributed by atoms with Crippen LogP contribution < -0.4 is 5.32 Å². The average molecular weight is 1180 g/mol. The molecular weight excluding hydrogens is 1030 g/mol. The summed E-state index contributed by atoms with van der Waals surface area (Å²) in [5, 5.41) is 23.3. The van der Waals surface area contributed by atoms with Gasteiger partial charge in [0.25, 0.3) is 0 Å². The van der Waals surface area contributed by atoms with Gasteiger partial charge in [0.15, 0.2) is 0 Å². The lowest BCUT2D eigenvalue weighted by molar-refractivity contribution is -0.143. The molecule has 0 radical (unpaired) electrons. The van der Waals surface area contributed by atoms with E-state index in [0.29, 0.717) is 19.4 Å². The molecule has 498 valence electrons. The molecule has 0 aromatic rings. The van der Waals surface area contributed by atoms with Crippen LogP contribution in [0.25, 0.3) is 0 Å². The van der Waals surface area contributed by atoms with Crippen LogP contribution in [0.4, 0.5) is 0 Å². The largest absolute Gasteiger partial charge is 0.466 e. The van der Waals surface area contributed by atoms with Crippen molar-refractivity contribution in [1.29, 1.82) is 0 Å². The molecule has 0 saturated heterocycles. The molecule has 0 bridgehead atoms. The van der Waals surface area contributed by atoms with Crippen LogP contribution in [-0.2, 0) is 14.3 Å². The van der Waals surface area contributed by atoms with E-state index in [1.54, 1.807) is 6.08 Å².